The zero-order chi connectivity index (χ0) is 15.2. The molecule has 7 heteroatoms. The van der Waals surface area contributed by atoms with Gasteiger partial charge in [-0.3, -0.25) is 4.79 Å². The van der Waals surface area contributed by atoms with Gasteiger partial charge in [0.1, 0.15) is 0 Å². The number of thiocarbonyl (C=S) groups is 1. The molecule has 2 rings (SSSR count). The van der Waals surface area contributed by atoms with Gasteiger partial charge in [-0.05, 0) is 30.2 Å². The zero-order valence-corrected chi connectivity index (χ0v) is 13.5. The van der Waals surface area contributed by atoms with Crippen LogP contribution in [0.2, 0.25) is 0 Å². The molecule has 1 aliphatic rings. The number of methoxy groups -OCH3 is 1. The topological polar surface area (TPSA) is 51.1 Å². The molecule has 112 valence electrons. The van der Waals surface area contributed by atoms with Crippen molar-refractivity contribution >= 4 is 40.4 Å². The van der Waals surface area contributed by atoms with E-state index in [-0.39, 0.29) is 5.91 Å². The number of hydrogen-bond acceptors (Lipinski definition) is 6. The minimum Gasteiger partial charge on any atom is -0.493 e. The summed E-state index contributed by atoms with van der Waals surface area (Å²) in [5.41, 5.74) is 0.809. The van der Waals surface area contributed by atoms with E-state index in [2.05, 4.69) is 5.10 Å². The lowest BCUT2D eigenvalue weighted by atomic mass is 10.2. The van der Waals surface area contributed by atoms with Crippen LogP contribution in [0, 0.1) is 0 Å². The largest absolute Gasteiger partial charge is 0.493 e. The highest BCUT2D eigenvalue weighted by Gasteiger charge is 2.25. The molecule has 1 aromatic carbocycles. The van der Waals surface area contributed by atoms with Gasteiger partial charge in [0, 0.05) is 0 Å². The van der Waals surface area contributed by atoms with Gasteiger partial charge < -0.3 is 9.47 Å². The van der Waals surface area contributed by atoms with E-state index in [0.29, 0.717) is 28.2 Å². The van der Waals surface area contributed by atoms with Gasteiger partial charge >= 0.3 is 0 Å². The highest BCUT2D eigenvalue weighted by molar-refractivity contribution is 8.23. The Labute approximate surface area is 133 Å². The molecule has 1 heterocycles. The molecule has 0 radical (unpaired) electrons. The Morgan fingerprint density at radius 2 is 2.29 bits per heavy atom. The van der Waals surface area contributed by atoms with Crippen molar-refractivity contribution in [2.75, 3.05) is 19.5 Å². The third kappa shape index (κ3) is 3.95. The van der Waals surface area contributed by atoms with Crippen molar-refractivity contribution in [3.05, 3.63) is 23.8 Å². The molecular weight excluding hydrogens is 308 g/mol. The number of thioether (sulfide) groups is 1. The number of hydrazone groups is 1. The molecule has 1 aromatic rings. The highest BCUT2D eigenvalue weighted by atomic mass is 32.2. The van der Waals surface area contributed by atoms with Crippen LogP contribution in [0.1, 0.15) is 18.9 Å². The second-order valence-electron chi connectivity index (χ2n) is 4.26. The van der Waals surface area contributed by atoms with Crippen molar-refractivity contribution in [3.8, 4) is 11.5 Å². The van der Waals surface area contributed by atoms with E-state index in [1.807, 2.05) is 25.1 Å². The molecule has 0 aromatic heterocycles. The third-order valence-electron chi connectivity index (χ3n) is 2.70. The van der Waals surface area contributed by atoms with Crippen LogP contribution in [-0.4, -0.2) is 40.9 Å². The van der Waals surface area contributed by atoms with Gasteiger partial charge in [0.25, 0.3) is 5.91 Å². The lowest BCUT2D eigenvalue weighted by molar-refractivity contribution is -0.123. The Bertz CT molecular complexity index is 559. The molecule has 1 amide bonds. The summed E-state index contributed by atoms with van der Waals surface area (Å²) in [6, 6.07) is 5.49. The summed E-state index contributed by atoms with van der Waals surface area (Å²) in [5, 5.41) is 5.37. The van der Waals surface area contributed by atoms with Crippen LogP contribution in [0.25, 0.3) is 0 Å². The Hall–Kier alpha value is -1.60. The molecule has 0 N–H and O–H groups in total. The van der Waals surface area contributed by atoms with Crippen molar-refractivity contribution in [1.29, 1.82) is 0 Å². The van der Waals surface area contributed by atoms with E-state index in [1.54, 1.807) is 13.3 Å². The zero-order valence-electron chi connectivity index (χ0n) is 11.9. The van der Waals surface area contributed by atoms with Crippen molar-refractivity contribution in [3.63, 3.8) is 0 Å². The maximum atomic E-state index is 11.6. The number of rotatable bonds is 6. The van der Waals surface area contributed by atoms with Crippen LogP contribution in [0.3, 0.4) is 0 Å². The third-order valence-corrected chi connectivity index (χ3v) is 4.04. The SMILES string of the molecule is CCCOc1ccc(/C=N\N2C(=O)CSC2=S)cc1OC. The van der Waals surface area contributed by atoms with Gasteiger partial charge in [0.2, 0.25) is 0 Å². The molecular formula is C14H16N2O3S2. The monoisotopic (exact) mass is 324 g/mol. The minimum absolute atomic E-state index is 0.101. The lowest BCUT2D eigenvalue weighted by Gasteiger charge is -2.11. The first kappa shape index (κ1) is 15.8. The lowest BCUT2D eigenvalue weighted by Crippen LogP contribution is -2.22. The van der Waals surface area contributed by atoms with Gasteiger partial charge in [-0.1, -0.05) is 30.9 Å². The quantitative estimate of drug-likeness (QED) is 0.595. The summed E-state index contributed by atoms with van der Waals surface area (Å²) >= 11 is 6.38. The molecule has 0 spiro atoms. The average Bonchev–Trinajstić information content (AvgIpc) is 2.82. The summed E-state index contributed by atoms with van der Waals surface area (Å²) < 4.78 is 11.4. The molecule has 1 fully saturated rings. The van der Waals surface area contributed by atoms with Crippen LogP contribution in [0.15, 0.2) is 23.3 Å². The normalized spacial score (nSPS) is 15.0. The fourth-order valence-corrected chi connectivity index (χ4v) is 2.65. The first-order chi connectivity index (χ1) is 10.2. The van der Waals surface area contributed by atoms with E-state index in [4.69, 9.17) is 21.7 Å². The Balaban J connectivity index is 2.13. The maximum Gasteiger partial charge on any atom is 0.259 e. The van der Waals surface area contributed by atoms with E-state index < -0.39 is 0 Å². The molecule has 0 bridgehead atoms. The first-order valence-electron chi connectivity index (χ1n) is 6.50. The van der Waals surface area contributed by atoms with E-state index in [9.17, 15) is 4.79 Å². The number of carbonyl (C=O) groups is 1. The summed E-state index contributed by atoms with van der Waals surface area (Å²) in [6.45, 7) is 2.68. The first-order valence-corrected chi connectivity index (χ1v) is 7.89. The van der Waals surface area contributed by atoms with Crippen LogP contribution in [-0.2, 0) is 4.79 Å². The molecule has 21 heavy (non-hydrogen) atoms. The van der Waals surface area contributed by atoms with Gasteiger partial charge in [-0.25, -0.2) is 0 Å². The fraction of sp³-hybridized carbons (Fsp3) is 0.357. The molecule has 1 aliphatic heterocycles. The van der Waals surface area contributed by atoms with E-state index in [0.717, 1.165) is 12.0 Å². The fourth-order valence-electron chi connectivity index (χ4n) is 1.68. The maximum absolute atomic E-state index is 11.6. The minimum atomic E-state index is -0.101. The number of nitrogens with zero attached hydrogens (tertiary/aromatic N) is 2. The molecule has 0 atom stereocenters. The molecule has 5 nitrogen and oxygen atoms in total. The standard InChI is InChI=1S/C14H16N2O3S2/c1-3-6-19-11-5-4-10(7-12(11)18-2)8-15-16-13(17)9-21-14(16)20/h4-5,7-8H,3,6,9H2,1-2H3/b15-8-. The predicted octanol–water partition coefficient (Wildman–Crippen LogP) is 2.68. The van der Waals surface area contributed by atoms with Gasteiger partial charge in [0.15, 0.2) is 15.8 Å². The smallest absolute Gasteiger partial charge is 0.259 e. The van der Waals surface area contributed by atoms with Gasteiger partial charge in [0.05, 0.1) is 25.7 Å². The van der Waals surface area contributed by atoms with Crippen LogP contribution < -0.4 is 9.47 Å². The Morgan fingerprint density at radius 1 is 1.48 bits per heavy atom. The number of carbonyl (C=O) groups excluding carboxylic acids is 1. The molecule has 0 aliphatic carbocycles. The number of ether oxygens (including phenoxy) is 2. The average molecular weight is 324 g/mol. The van der Waals surface area contributed by atoms with Crippen LogP contribution in [0.4, 0.5) is 0 Å². The second-order valence-corrected chi connectivity index (χ2v) is 5.87. The van der Waals surface area contributed by atoms with E-state index >= 15 is 0 Å². The molecule has 1 saturated heterocycles. The van der Waals surface area contributed by atoms with Crippen LogP contribution >= 0.6 is 24.0 Å². The summed E-state index contributed by atoms with van der Waals surface area (Å²) in [6.07, 6.45) is 2.51. The molecule has 0 saturated carbocycles. The summed E-state index contributed by atoms with van der Waals surface area (Å²) in [4.78, 5) is 11.6. The summed E-state index contributed by atoms with van der Waals surface area (Å²) in [7, 11) is 1.59. The van der Waals surface area contributed by atoms with Crippen molar-refractivity contribution in [2.45, 2.75) is 13.3 Å². The number of hydrogen-bond donors (Lipinski definition) is 0. The summed E-state index contributed by atoms with van der Waals surface area (Å²) in [5.74, 6) is 1.58. The van der Waals surface area contributed by atoms with Gasteiger partial charge in [-0.15, -0.1) is 0 Å². The Morgan fingerprint density at radius 3 is 2.90 bits per heavy atom. The Kier molecular flexibility index (Phi) is 5.58. The van der Waals surface area contributed by atoms with Crippen molar-refractivity contribution in [2.24, 2.45) is 5.10 Å². The second kappa shape index (κ2) is 7.42. The highest BCUT2D eigenvalue weighted by Crippen LogP contribution is 2.28. The number of amides is 1. The van der Waals surface area contributed by atoms with Gasteiger partial charge in [-0.2, -0.15) is 10.1 Å². The van der Waals surface area contributed by atoms with Crippen molar-refractivity contribution in [1.82, 2.24) is 5.01 Å². The van der Waals surface area contributed by atoms with Crippen molar-refractivity contribution < 1.29 is 14.3 Å². The predicted molar refractivity (Wildman–Crippen MR) is 88.3 cm³/mol. The van der Waals surface area contributed by atoms with Crippen LogP contribution in [0.5, 0.6) is 11.5 Å². The molecule has 0 unspecified atom stereocenters. The number of benzene rings is 1. The van der Waals surface area contributed by atoms with E-state index in [1.165, 1.54) is 16.8 Å².